The lowest BCUT2D eigenvalue weighted by Gasteiger charge is -2.38. The lowest BCUT2D eigenvalue weighted by Crippen LogP contribution is -2.53. The van der Waals surface area contributed by atoms with E-state index < -0.39 is 50.1 Å². The lowest BCUT2D eigenvalue weighted by atomic mass is 9.78. The van der Waals surface area contributed by atoms with Crippen molar-refractivity contribution in [3.05, 3.63) is 58.7 Å². The molecule has 0 aliphatic carbocycles. The molecule has 0 spiro atoms. The fraction of sp³-hybridized carbons (Fsp3) is 0.429. The lowest BCUT2D eigenvalue weighted by molar-refractivity contribution is -0.143. The molecule has 6 rings (SSSR count). The minimum absolute atomic E-state index is 0.0607. The summed E-state index contributed by atoms with van der Waals surface area (Å²) in [6.45, 7) is 0.947. The third-order valence-corrected chi connectivity index (χ3v) is 8.63. The zero-order valence-electron chi connectivity index (χ0n) is 22.9. The van der Waals surface area contributed by atoms with E-state index in [0.717, 1.165) is 24.0 Å². The number of hydrogen-bond donors (Lipinski definition) is 4. The number of hydrogen-bond acceptors (Lipinski definition) is 8. The standard InChI is InChI=1S/C28H31B2N3O9/c34-25(35)12-21-3-1-2-8-32(21)28(38)24-11-20(31-26(36)16-4-6-18-14-41-29(39)22(18)9-16)13-33(24)27(37)17-5-7-19-15-42-30(40)23(19)10-17/h4-7,9-10,20-21,24,39-40H,1-3,8,11-15H2,(H,31,36)(H,34,35)/t20-,21+,24+/m1/s1. The molecule has 2 saturated heterocycles. The number of carbonyl (C=O) groups is 4. The van der Waals surface area contributed by atoms with Crippen molar-refractivity contribution in [2.75, 3.05) is 13.1 Å². The van der Waals surface area contributed by atoms with Crippen LogP contribution in [0.5, 0.6) is 0 Å². The zero-order chi connectivity index (χ0) is 29.5. The second-order valence-corrected chi connectivity index (χ2v) is 11.3. The Labute approximate surface area is 242 Å². The van der Waals surface area contributed by atoms with E-state index >= 15 is 0 Å². The minimum Gasteiger partial charge on any atom is -0.481 e. The van der Waals surface area contributed by atoms with Crippen LogP contribution in [0.3, 0.4) is 0 Å². The first-order chi connectivity index (χ1) is 20.2. The van der Waals surface area contributed by atoms with Crippen LogP contribution < -0.4 is 16.2 Å². The Hall–Kier alpha value is -3.71. The predicted octanol–water partition coefficient (Wildman–Crippen LogP) is -1.01. The van der Waals surface area contributed by atoms with Gasteiger partial charge in [-0.25, -0.2) is 0 Å². The number of likely N-dealkylation sites (tertiary alicyclic amines) is 2. The number of nitrogens with one attached hydrogen (secondary N) is 1. The van der Waals surface area contributed by atoms with Gasteiger partial charge in [-0.1, -0.05) is 12.1 Å². The van der Waals surface area contributed by atoms with E-state index in [1.165, 1.54) is 4.90 Å². The van der Waals surface area contributed by atoms with Gasteiger partial charge in [0.2, 0.25) is 5.91 Å². The van der Waals surface area contributed by atoms with Gasteiger partial charge in [0, 0.05) is 36.3 Å². The van der Waals surface area contributed by atoms with Crippen LogP contribution in [-0.2, 0) is 32.1 Å². The van der Waals surface area contributed by atoms with Gasteiger partial charge in [-0.05, 0) is 72.0 Å². The number of carbonyl (C=O) groups excluding carboxylic acids is 3. The molecule has 4 aliphatic heterocycles. The van der Waals surface area contributed by atoms with Gasteiger partial charge >= 0.3 is 20.2 Å². The molecule has 0 unspecified atom stereocenters. The molecule has 0 bridgehead atoms. The van der Waals surface area contributed by atoms with Gasteiger partial charge in [0.05, 0.1) is 19.6 Å². The molecule has 0 radical (unpaired) electrons. The van der Waals surface area contributed by atoms with Gasteiger partial charge in [-0.15, -0.1) is 0 Å². The molecule has 0 saturated carbocycles. The highest BCUT2D eigenvalue weighted by atomic mass is 16.5. The quantitative estimate of drug-likeness (QED) is 0.316. The van der Waals surface area contributed by atoms with Crippen molar-refractivity contribution in [3.63, 3.8) is 0 Å². The molecule has 3 amide bonds. The van der Waals surface area contributed by atoms with Crippen LogP contribution in [0.4, 0.5) is 0 Å². The van der Waals surface area contributed by atoms with Crippen LogP contribution in [0.1, 0.15) is 63.9 Å². The number of piperidine rings is 1. The minimum atomic E-state index is -1.14. The predicted molar refractivity (Wildman–Crippen MR) is 150 cm³/mol. The number of fused-ring (bicyclic) bond motifs is 2. The molecule has 2 aromatic rings. The van der Waals surface area contributed by atoms with Crippen molar-refractivity contribution < 1.29 is 43.6 Å². The van der Waals surface area contributed by atoms with E-state index in [0.29, 0.717) is 29.5 Å². The van der Waals surface area contributed by atoms with Gasteiger partial charge in [0.1, 0.15) is 6.04 Å². The molecule has 14 heteroatoms. The van der Waals surface area contributed by atoms with E-state index in [9.17, 15) is 34.3 Å². The van der Waals surface area contributed by atoms with Gasteiger partial charge in [-0.2, -0.15) is 0 Å². The van der Waals surface area contributed by atoms with Crippen LogP contribution in [0.25, 0.3) is 0 Å². The van der Waals surface area contributed by atoms with Crippen LogP contribution in [0.15, 0.2) is 36.4 Å². The molecule has 3 atom stereocenters. The highest BCUT2D eigenvalue weighted by Gasteiger charge is 2.44. The number of aliphatic carboxylic acids is 1. The van der Waals surface area contributed by atoms with Crippen LogP contribution >= 0.6 is 0 Å². The Morgan fingerprint density at radius 2 is 1.55 bits per heavy atom. The van der Waals surface area contributed by atoms with Crippen molar-refractivity contribution in [3.8, 4) is 0 Å². The van der Waals surface area contributed by atoms with E-state index in [1.807, 2.05) is 0 Å². The molecule has 42 heavy (non-hydrogen) atoms. The van der Waals surface area contributed by atoms with E-state index in [4.69, 9.17) is 9.31 Å². The summed E-state index contributed by atoms with van der Waals surface area (Å²) in [5.74, 6) is -2.18. The number of rotatable bonds is 6. The molecular formula is C28H31B2N3O9. The number of nitrogens with zero attached hydrogens (tertiary/aromatic N) is 2. The third-order valence-electron chi connectivity index (χ3n) is 8.63. The molecule has 12 nitrogen and oxygen atoms in total. The highest BCUT2D eigenvalue weighted by molar-refractivity contribution is 6.62. The Kier molecular flexibility index (Phi) is 7.79. The number of amides is 3. The summed E-state index contributed by atoms with van der Waals surface area (Å²) in [7, 11) is -2.24. The van der Waals surface area contributed by atoms with E-state index in [-0.39, 0.29) is 44.1 Å². The molecule has 218 valence electrons. The summed E-state index contributed by atoms with van der Waals surface area (Å²) in [6.07, 6.45) is 2.09. The summed E-state index contributed by atoms with van der Waals surface area (Å²) in [6, 6.07) is 7.90. The largest absolute Gasteiger partial charge is 0.491 e. The van der Waals surface area contributed by atoms with Crippen molar-refractivity contribution >= 4 is 48.9 Å². The third kappa shape index (κ3) is 5.42. The zero-order valence-corrected chi connectivity index (χ0v) is 22.9. The van der Waals surface area contributed by atoms with Gasteiger partial charge in [0.15, 0.2) is 0 Å². The average Bonchev–Trinajstić information content (AvgIpc) is 3.69. The molecule has 2 aromatic carbocycles. The van der Waals surface area contributed by atoms with Crippen molar-refractivity contribution in [1.29, 1.82) is 0 Å². The maximum absolute atomic E-state index is 14.0. The van der Waals surface area contributed by atoms with Gasteiger partial charge in [0.25, 0.3) is 11.8 Å². The monoisotopic (exact) mass is 575 g/mol. The van der Waals surface area contributed by atoms with Crippen LogP contribution in [0, 0.1) is 0 Å². The topological polar surface area (TPSA) is 166 Å². The number of benzene rings is 2. The maximum Gasteiger partial charge on any atom is 0.491 e. The van der Waals surface area contributed by atoms with E-state index in [1.54, 1.807) is 41.3 Å². The molecular weight excluding hydrogens is 544 g/mol. The summed E-state index contributed by atoms with van der Waals surface area (Å²) >= 11 is 0. The summed E-state index contributed by atoms with van der Waals surface area (Å²) in [5.41, 5.74) is 3.18. The summed E-state index contributed by atoms with van der Waals surface area (Å²) in [4.78, 5) is 55.6. The number of carboxylic acids is 1. The van der Waals surface area contributed by atoms with Crippen LogP contribution in [-0.4, -0.2) is 94.1 Å². The Balaban J connectivity index is 1.25. The Morgan fingerprint density at radius 1 is 0.905 bits per heavy atom. The van der Waals surface area contributed by atoms with Gasteiger partial charge < -0.3 is 39.6 Å². The van der Waals surface area contributed by atoms with Crippen molar-refractivity contribution in [2.24, 2.45) is 0 Å². The SMILES string of the molecule is O=C(O)C[C@@H]1CCCCN1C(=O)[C@@H]1C[C@@H](NC(=O)c2ccc3c(c2)B(O)OC3)CN1C(=O)c1ccc2c(c1)B(O)OC2. The first kappa shape index (κ1) is 28.4. The summed E-state index contributed by atoms with van der Waals surface area (Å²) < 4.78 is 10.5. The molecule has 4 N–H and O–H groups in total. The molecule has 2 fully saturated rings. The summed E-state index contributed by atoms with van der Waals surface area (Å²) in [5, 5.41) is 32.6. The fourth-order valence-corrected chi connectivity index (χ4v) is 6.43. The normalized spacial score (nSPS) is 23.1. The highest BCUT2D eigenvalue weighted by Crippen LogP contribution is 2.28. The number of carboxylic acid groups (broad SMARTS) is 1. The van der Waals surface area contributed by atoms with Crippen LogP contribution in [0.2, 0.25) is 0 Å². The first-order valence-corrected chi connectivity index (χ1v) is 14.2. The second kappa shape index (κ2) is 11.5. The second-order valence-electron chi connectivity index (χ2n) is 11.3. The van der Waals surface area contributed by atoms with Crippen molar-refractivity contribution in [2.45, 2.75) is 63.4 Å². The average molecular weight is 575 g/mol. The smallest absolute Gasteiger partial charge is 0.481 e. The van der Waals surface area contributed by atoms with Gasteiger partial charge in [-0.3, -0.25) is 19.2 Å². The maximum atomic E-state index is 14.0. The molecule has 0 aromatic heterocycles. The Morgan fingerprint density at radius 3 is 2.21 bits per heavy atom. The molecule has 4 aliphatic rings. The fourth-order valence-electron chi connectivity index (χ4n) is 6.43. The molecule has 4 heterocycles. The van der Waals surface area contributed by atoms with Crippen molar-refractivity contribution in [1.82, 2.24) is 15.1 Å². The van der Waals surface area contributed by atoms with E-state index in [2.05, 4.69) is 5.32 Å². The first-order valence-electron chi connectivity index (χ1n) is 14.2. The Bertz CT molecular complexity index is 1440.